The lowest BCUT2D eigenvalue weighted by molar-refractivity contribution is -0.116. The van der Waals surface area contributed by atoms with Crippen molar-refractivity contribution in [2.75, 3.05) is 0 Å². The van der Waals surface area contributed by atoms with E-state index >= 15 is 0 Å². The van der Waals surface area contributed by atoms with Crippen molar-refractivity contribution >= 4 is 44.7 Å². The van der Waals surface area contributed by atoms with Crippen LogP contribution in [-0.2, 0) is 14.8 Å². The van der Waals surface area contributed by atoms with Crippen molar-refractivity contribution in [2.45, 2.75) is 35.9 Å². The quantitative estimate of drug-likeness (QED) is 0.760. The predicted octanol–water partition coefficient (Wildman–Crippen LogP) is 3.59. The summed E-state index contributed by atoms with van der Waals surface area (Å²) < 4.78 is 28.8. The average molecular weight is 374 g/mol. The zero-order valence-corrected chi connectivity index (χ0v) is 15.3. The van der Waals surface area contributed by atoms with Crippen molar-refractivity contribution in [3.8, 4) is 0 Å². The molecule has 0 amide bonds. The monoisotopic (exact) mass is 373 g/mol. The summed E-state index contributed by atoms with van der Waals surface area (Å²) in [4.78, 5) is 10.9. The molecule has 1 aliphatic carbocycles. The molecule has 2 rings (SSSR count). The van der Waals surface area contributed by atoms with E-state index in [1.54, 1.807) is 18.2 Å². The number of carbonyl (C=O) groups excluding carboxylic acids is 1. The highest BCUT2D eigenvalue weighted by Gasteiger charge is 2.45. The van der Waals surface area contributed by atoms with Crippen molar-refractivity contribution < 1.29 is 13.2 Å². The molecule has 1 aromatic rings. The first-order valence-corrected chi connectivity index (χ1v) is 9.32. The Labute approximate surface area is 146 Å². The van der Waals surface area contributed by atoms with E-state index in [0.29, 0.717) is 5.57 Å². The fraction of sp³-hybridized carbons (Fsp3) is 0.375. The number of alkyl halides is 2. The third kappa shape index (κ3) is 3.52. The van der Waals surface area contributed by atoms with Gasteiger partial charge in [-0.2, -0.15) is 12.8 Å². The molecule has 0 fully saturated rings. The number of Topliss-reactive ketones (excluding diaryl/α,β-unsaturated/α-hetero) is 1. The normalized spacial score (nSPS) is 27.4. The van der Waals surface area contributed by atoms with Crippen molar-refractivity contribution in [3.63, 3.8) is 0 Å². The molecule has 0 radical (unpaired) electrons. The third-order valence-electron chi connectivity index (χ3n) is 3.67. The smallest absolute Gasteiger partial charge is 0.282 e. The average Bonchev–Trinajstić information content (AvgIpc) is 2.49. The SMILES string of the molecule is CC(C)C1=C/C(=N\S(=O)(=O)c2ccccc2)C(C)(Cl)C(Cl)C1=O. The molecule has 0 spiro atoms. The summed E-state index contributed by atoms with van der Waals surface area (Å²) in [5, 5.41) is -1.07. The molecule has 2 atom stereocenters. The van der Waals surface area contributed by atoms with Crippen molar-refractivity contribution in [3.05, 3.63) is 42.0 Å². The molecule has 23 heavy (non-hydrogen) atoms. The van der Waals surface area contributed by atoms with E-state index in [0.717, 1.165) is 0 Å². The predicted molar refractivity (Wildman–Crippen MR) is 92.9 cm³/mol. The first kappa shape index (κ1) is 18.2. The van der Waals surface area contributed by atoms with Crippen LogP contribution in [0, 0.1) is 5.92 Å². The first-order valence-electron chi connectivity index (χ1n) is 7.06. The summed E-state index contributed by atoms with van der Waals surface area (Å²) in [6.07, 6.45) is 1.44. The molecule has 0 aliphatic heterocycles. The Balaban J connectivity index is 2.61. The number of rotatable bonds is 3. The lowest BCUT2D eigenvalue weighted by atomic mass is 9.83. The zero-order chi connectivity index (χ0) is 17.4. The van der Waals surface area contributed by atoms with Crippen molar-refractivity contribution in [2.24, 2.45) is 10.3 Å². The molecular formula is C16H17Cl2NO3S. The summed E-state index contributed by atoms with van der Waals surface area (Å²) in [5.41, 5.74) is 0.497. The van der Waals surface area contributed by atoms with E-state index in [4.69, 9.17) is 23.2 Å². The second-order valence-electron chi connectivity index (χ2n) is 5.82. The maximum absolute atomic E-state index is 12.4. The lowest BCUT2D eigenvalue weighted by Crippen LogP contribution is -2.47. The van der Waals surface area contributed by atoms with Crippen molar-refractivity contribution in [1.82, 2.24) is 0 Å². The van der Waals surface area contributed by atoms with Crippen LogP contribution in [0.4, 0.5) is 0 Å². The van der Waals surface area contributed by atoms with Crippen LogP contribution >= 0.6 is 23.2 Å². The van der Waals surface area contributed by atoms with Gasteiger partial charge in [0.25, 0.3) is 10.0 Å². The second-order valence-corrected chi connectivity index (χ2v) is 8.65. The van der Waals surface area contributed by atoms with Crippen LogP contribution in [0.15, 0.2) is 51.3 Å². The number of benzene rings is 1. The van der Waals surface area contributed by atoms with Gasteiger partial charge in [-0.15, -0.1) is 23.2 Å². The summed E-state index contributed by atoms with van der Waals surface area (Å²) in [6.45, 7) is 5.15. The Hall–Kier alpha value is -1.17. The third-order valence-corrected chi connectivity index (χ3v) is 6.13. The number of hydrogen-bond acceptors (Lipinski definition) is 3. The minimum atomic E-state index is -3.93. The molecule has 0 heterocycles. The number of hydrogen-bond donors (Lipinski definition) is 0. The molecule has 124 valence electrons. The maximum atomic E-state index is 12.4. The van der Waals surface area contributed by atoms with Crippen LogP contribution in [0.2, 0.25) is 0 Å². The van der Waals surface area contributed by atoms with Gasteiger partial charge in [0.2, 0.25) is 0 Å². The molecule has 0 aromatic heterocycles. The van der Waals surface area contributed by atoms with Gasteiger partial charge < -0.3 is 0 Å². The van der Waals surface area contributed by atoms with Gasteiger partial charge in [0.1, 0.15) is 10.3 Å². The largest absolute Gasteiger partial charge is 0.293 e. The molecule has 0 bridgehead atoms. The van der Waals surface area contributed by atoms with Crippen LogP contribution in [0.5, 0.6) is 0 Å². The Morgan fingerprint density at radius 1 is 1.22 bits per heavy atom. The molecule has 7 heteroatoms. The van der Waals surface area contributed by atoms with E-state index < -0.39 is 20.3 Å². The number of ketones is 1. The number of halogens is 2. The topological polar surface area (TPSA) is 63.6 Å². The minimum absolute atomic E-state index is 0.0579. The van der Waals surface area contributed by atoms with E-state index in [-0.39, 0.29) is 22.3 Å². The van der Waals surface area contributed by atoms with Crippen molar-refractivity contribution in [1.29, 1.82) is 0 Å². The van der Waals surface area contributed by atoms with E-state index in [1.165, 1.54) is 25.1 Å². The molecule has 0 saturated heterocycles. The Bertz CT molecular complexity index is 781. The molecule has 2 unspecified atom stereocenters. The summed E-state index contributed by atoms with van der Waals surface area (Å²) in [5.74, 6) is -0.406. The highest BCUT2D eigenvalue weighted by Crippen LogP contribution is 2.36. The molecule has 0 N–H and O–H groups in total. The molecule has 4 nitrogen and oxygen atoms in total. The minimum Gasteiger partial charge on any atom is -0.293 e. The Kier molecular flexibility index (Phi) is 5.04. The summed E-state index contributed by atoms with van der Waals surface area (Å²) >= 11 is 12.5. The molecule has 1 aliphatic rings. The summed E-state index contributed by atoms with van der Waals surface area (Å²) in [7, 11) is -3.93. The highest BCUT2D eigenvalue weighted by atomic mass is 35.5. The van der Waals surface area contributed by atoms with Gasteiger partial charge in [0.15, 0.2) is 5.78 Å². The molecular weight excluding hydrogens is 357 g/mol. The number of sulfonamides is 1. The van der Waals surface area contributed by atoms with Crippen LogP contribution in [-0.4, -0.2) is 30.2 Å². The number of nitrogens with zero attached hydrogens (tertiary/aromatic N) is 1. The Morgan fingerprint density at radius 2 is 1.78 bits per heavy atom. The van der Waals surface area contributed by atoms with Gasteiger partial charge in [-0.25, -0.2) is 0 Å². The van der Waals surface area contributed by atoms with Gasteiger partial charge in [0, 0.05) is 5.57 Å². The second kappa shape index (κ2) is 6.38. The Morgan fingerprint density at radius 3 is 2.30 bits per heavy atom. The van der Waals surface area contributed by atoms with E-state index in [1.807, 2.05) is 13.8 Å². The van der Waals surface area contributed by atoms with Crippen LogP contribution in [0.25, 0.3) is 0 Å². The molecule has 1 aromatic carbocycles. The van der Waals surface area contributed by atoms with Gasteiger partial charge in [-0.05, 0) is 31.1 Å². The first-order chi connectivity index (χ1) is 10.6. The van der Waals surface area contributed by atoms with Gasteiger partial charge >= 0.3 is 0 Å². The van der Waals surface area contributed by atoms with Crippen LogP contribution in [0.3, 0.4) is 0 Å². The van der Waals surface area contributed by atoms with Crippen LogP contribution < -0.4 is 0 Å². The van der Waals surface area contributed by atoms with E-state index in [9.17, 15) is 13.2 Å². The molecule has 0 saturated carbocycles. The lowest BCUT2D eigenvalue weighted by Gasteiger charge is -2.32. The number of carbonyl (C=O) groups is 1. The highest BCUT2D eigenvalue weighted by molar-refractivity contribution is 7.90. The maximum Gasteiger partial charge on any atom is 0.282 e. The zero-order valence-electron chi connectivity index (χ0n) is 13.0. The standard InChI is InChI=1S/C16H17Cl2NO3S/c1-10(2)12-9-13(16(3,18)15(17)14(12)20)19-23(21,22)11-7-5-4-6-8-11/h4-10,15H,1-3H3/b19-13+. The van der Waals surface area contributed by atoms with Crippen LogP contribution in [0.1, 0.15) is 20.8 Å². The van der Waals surface area contributed by atoms with E-state index in [2.05, 4.69) is 4.40 Å². The summed E-state index contributed by atoms with van der Waals surface area (Å²) in [6, 6.07) is 7.82. The fourth-order valence-corrected chi connectivity index (χ4v) is 3.81. The number of allylic oxidation sites excluding steroid dienone is 2. The van der Waals surface area contributed by atoms with Gasteiger partial charge in [-0.3, -0.25) is 4.79 Å². The van der Waals surface area contributed by atoms with Gasteiger partial charge in [0.05, 0.1) is 10.6 Å². The van der Waals surface area contributed by atoms with Gasteiger partial charge in [-0.1, -0.05) is 32.0 Å². The fourth-order valence-electron chi connectivity index (χ4n) is 2.22.